The van der Waals surface area contributed by atoms with Crippen LogP contribution in [0.3, 0.4) is 0 Å². The second-order valence-electron chi connectivity index (χ2n) is 14.7. The van der Waals surface area contributed by atoms with Crippen molar-refractivity contribution in [1.29, 1.82) is 0 Å². The number of rotatable bonds is 15. The van der Waals surface area contributed by atoms with Gasteiger partial charge < -0.3 is 0 Å². The van der Waals surface area contributed by atoms with Crippen LogP contribution in [-0.4, -0.2) is 16.2 Å². The third kappa shape index (κ3) is 11.5. The van der Waals surface area contributed by atoms with Gasteiger partial charge in [-0.3, -0.25) is 0 Å². The van der Waals surface area contributed by atoms with E-state index in [2.05, 4.69) is 194 Å². The van der Waals surface area contributed by atoms with Crippen LogP contribution in [-0.2, 0) is 0 Å². The third-order valence-electron chi connectivity index (χ3n) is 10.0. The predicted molar refractivity (Wildman–Crippen MR) is 254 cm³/mol. The van der Waals surface area contributed by atoms with Gasteiger partial charge in [-0.1, -0.05) is 237 Å². The van der Waals surface area contributed by atoms with Crippen molar-refractivity contribution in [1.82, 2.24) is 0 Å². The third-order valence-corrected chi connectivity index (χ3v) is 22.1. The summed E-state index contributed by atoms with van der Waals surface area (Å²) in [6.07, 6.45) is 0. The zero-order chi connectivity index (χ0) is 37.4. The van der Waals surface area contributed by atoms with Crippen molar-refractivity contribution >= 4 is 83.3 Å². The Hall–Kier alpha value is -2.10. The minimum atomic E-state index is 0.0198. The Balaban J connectivity index is 1.57. The smallest absolute Gasteiger partial charge is 0.00927 e. The molecule has 0 nitrogen and oxygen atoms in total. The van der Waals surface area contributed by atoms with Crippen molar-refractivity contribution in [3.05, 3.63) is 179 Å². The summed E-state index contributed by atoms with van der Waals surface area (Å²) in [6.45, 7) is 16.0. The topological polar surface area (TPSA) is 0 Å². The number of hydrogen-bond donors (Lipinski definition) is 0. The van der Waals surface area contributed by atoms with Crippen molar-refractivity contribution in [3.8, 4) is 0 Å². The molecule has 0 amide bonds. The molecule has 6 unspecified atom stereocenters. The second-order valence-corrected chi connectivity index (χ2v) is 25.1. The van der Waals surface area contributed by atoms with E-state index in [4.69, 9.17) is 0 Å². The van der Waals surface area contributed by atoms with Crippen molar-refractivity contribution in [2.45, 2.75) is 64.7 Å². The zero-order valence-electron chi connectivity index (χ0n) is 32.1. The summed E-state index contributed by atoms with van der Waals surface area (Å²) < 4.78 is 0. The van der Waals surface area contributed by atoms with Crippen LogP contribution >= 0.6 is 51.5 Å². The summed E-state index contributed by atoms with van der Waals surface area (Å²) >= 11 is 0. The van der Waals surface area contributed by atoms with Gasteiger partial charge in [0.15, 0.2) is 0 Å². The van der Waals surface area contributed by atoms with E-state index >= 15 is 0 Å². The normalized spacial score (nSPS) is 15.7. The van der Waals surface area contributed by atoms with Crippen LogP contribution in [0.15, 0.2) is 146 Å². The molecule has 6 rings (SSSR count). The molecule has 0 aliphatic heterocycles. The van der Waals surface area contributed by atoms with Crippen LogP contribution in [0.5, 0.6) is 0 Å². The van der Waals surface area contributed by atoms with Gasteiger partial charge in [-0.2, -0.15) is 0 Å². The minimum Gasteiger partial charge on any atom is -0.0821 e. The highest BCUT2D eigenvalue weighted by molar-refractivity contribution is 7.69. The lowest BCUT2D eigenvalue weighted by atomic mass is 9.97. The Morgan fingerprint density at radius 3 is 0.528 bits per heavy atom. The van der Waals surface area contributed by atoms with E-state index in [1.807, 2.05) is 0 Å². The Bertz CT molecular complexity index is 1640. The van der Waals surface area contributed by atoms with E-state index in [-0.39, 0.29) is 5.41 Å². The maximum atomic E-state index is 2.75. The molecule has 272 valence electrons. The van der Waals surface area contributed by atoms with Crippen LogP contribution in [0.2, 0.25) is 0 Å². The second kappa shape index (κ2) is 19.2. The molecule has 0 bridgehead atoms. The lowest BCUT2D eigenvalue weighted by Gasteiger charge is -2.50. The lowest BCUT2D eigenvalue weighted by molar-refractivity contribution is 0.433. The van der Waals surface area contributed by atoms with Crippen LogP contribution in [0.4, 0.5) is 0 Å². The van der Waals surface area contributed by atoms with Crippen LogP contribution < -0.4 is 31.8 Å². The summed E-state index contributed by atoms with van der Waals surface area (Å²) in [4.78, 5) is 0. The van der Waals surface area contributed by atoms with Gasteiger partial charge in [0, 0.05) is 16.2 Å². The maximum Gasteiger partial charge on any atom is 0.00927 e. The molecule has 0 fully saturated rings. The summed E-state index contributed by atoms with van der Waals surface area (Å²) in [6, 6.07) is 56.9. The Kier molecular flexibility index (Phi) is 14.7. The van der Waals surface area contributed by atoms with Crippen molar-refractivity contribution < 1.29 is 0 Å². The first-order chi connectivity index (χ1) is 25.5. The molecule has 0 aromatic heterocycles. The van der Waals surface area contributed by atoms with Gasteiger partial charge in [-0.25, -0.2) is 0 Å². The number of benzene rings is 6. The van der Waals surface area contributed by atoms with E-state index < -0.39 is 0 Å². The van der Waals surface area contributed by atoms with Gasteiger partial charge in [0.25, 0.3) is 0 Å². The first kappa shape index (κ1) is 40.6. The fourth-order valence-electron chi connectivity index (χ4n) is 6.44. The highest BCUT2D eigenvalue weighted by atomic mass is 31.1. The lowest BCUT2D eigenvalue weighted by Crippen LogP contribution is -2.44. The van der Waals surface area contributed by atoms with Gasteiger partial charge in [-0.15, -0.1) is 0 Å². The average Bonchev–Trinajstić information content (AvgIpc) is 3.15. The monoisotopic (exact) mass is 804 g/mol. The molecule has 0 aliphatic carbocycles. The fourth-order valence-corrected chi connectivity index (χ4v) is 20.3. The standard InChI is InChI=1S/C47H54P6/c1-32-8-20-38(21-9-32)48-44(49-39-22-10-33(2)11-23-39)47(7,45(50-40-24-12-34(3)13-25-40)51-41-26-14-35(4)15-27-41)46(52-42-28-16-36(5)17-29-42)53-43-30-18-37(6)19-31-43/h8-31,44-46,48-53H,1-7H3. The highest BCUT2D eigenvalue weighted by Gasteiger charge is 2.48. The Morgan fingerprint density at radius 2 is 0.396 bits per heavy atom. The van der Waals surface area contributed by atoms with E-state index in [1.165, 1.54) is 65.2 Å². The van der Waals surface area contributed by atoms with Gasteiger partial charge in [0.2, 0.25) is 0 Å². The van der Waals surface area contributed by atoms with E-state index in [0.29, 0.717) is 67.7 Å². The van der Waals surface area contributed by atoms with Crippen molar-refractivity contribution in [3.63, 3.8) is 0 Å². The zero-order valence-corrected chi connectivity index (χ0v) is 38.1. The van der Waals surface area contributed by atoms with Gasteiger partial charge in [0.1, 0.15) is 0 Å². The summed E-state index contributed by atoms with van der Waals surface area (Å²) in [7, 11) is 4.30. The van der Waals surface area contributed by atoms with Crippen molar-refractivity contribution in [2.75, 3.05) is 0 Å². The van der Waals surface area contributed by atoms with Crippen LogP contribution in [0.1, 0.15) is 40.3 Å². The molecule has 6 aromatic rings. The van der Waals surface area contributed by atoms with Crippen LogP contribution in [0.25, 0.3) is 0 Å². The van der Waals surface area contributed by atoms with Gasteiger partial charge in [-0.05, 0) is 78.8 Å². The molecule has 0 N–H and O–H groups in total. The summed E-state index contributed by atoms with van der Waals surface area (Å²) in [5.74, 6) is 0. The summed E-state index contributed by atoms with van der Waals surface area (Å²) in [5, 5.41) is 10.4. The SMILES string of the molecule is Cc1ccc(PC(Pc2ccc(C)cc2)C(C)(C(Pc2ccc(C)cc2)Pc2ccc(C)cc2)C(Pc2ccc(C)cc2)Pc2ccc(C)cc2)cc1. The molecule has 0 radical (unpaired) electrons. The molecule has 0 saturated heterocycles. The van der Waals surface area contributed by atoms with E-state index in [1.54, 1.807) is 0 Å². The molecule has 0 aliphatic rings. The number of hydrogen-bond acceptors (Lipinski definition) is 0. The minimum absolute atomic E-state index is 0.0198. The highest BCUT2D eigenvalue weighted by Crippen LogP contribution is 2.64. The molecular formula is C47H54P6. The largest absolute Gasteiger partial charge is 0.0821 e. The quantitative estimate of drug-likeness (QED) is 0.0907. The first-order valence-electron chi connectivity index (χ1n) is 18.5. The molecular weight excluding hydrogens is 750 g/mol. The molecule has 6 atom stereocenters. The maximum absolute atomic E-state index is 2.75. The fraction of sp³-hybridized carbons (Fsp3) is 0.234. The molecule has 6 heteroatoms. The molecule has 6 aromatic carbocycles. The predicted octanol–water partition coefficient (Wildman–Crippen LogP) is 10.8. The van der Waals surface area contributed by atoms with E-state index in [0.717, 1.165) is 0 Å². The molecule has 0 heterocycles. The van der Waals surface area contributed by atoms with E-state index in [9.17, 15) is 0 Å². The van der Waals surface area contributed by atoms with Crippen molar-refractivity contribution in [2.24, 2.45) is 5.41 Å². The van der Waals surface area contributed by atoms with Gasteiger partial charge >= 0.3 is 0 Å². The molecule has 0 spiro atoms. The molecule has 53 heavy (non-hydrogen) atoms. The van der Waals surface area contributed by atoms with Crippen LogP contribution in [0, 0.1) is 47.0 Å². The Labute approximate surface area is 330 Å². The average molecular weight is 805 g/mol. The number of aryl methyl sites for hydroxylation is 6. The Morgan fingerprint density at radius 1 is 0.264 bits per heavy atom. The molecule has 0 saturated carbocycles. The summed E-state index contributed by atoms with van der Waals surface area (Å²) in [5.41, 5.74) is 8.01. The van der Waals surface area contributed by atoms with Gasteiger partial charge in [0.05, 0.1) is 0 Å². The first-order valence-corrected chi connectivity index (χ1v) is 25.0.